The van der Waals surface area contributed by atoms with Gasteiger partial charge in [-0.2, -0.15) is 0 Å². The third kappa shape index (κ3) is 4.43. The van der Waals surface area contributed by atoms with E-state index < -0.39 is 0 Å². The predicted octanol–water partition coefficient (Wildman–Crippen LogP) is 3.99. The Morgan fingerprint density at radius 2 is 2.00 bits per heavy atom. The van der Waals surface area contributed by atoms with E-state index in [2.05, 4.69) is 13.8 Å². The zero-order valence-electron chi connectivity index (χ0n) is 11.4. The van der Waals surface area contributed by atoms with Crippen molar-refractivity contribution in [3.8, 4) is 0 Å². The number of carbonyl (C=O) groups excluding carboxylic acids is 1. The molecule has 0 saturated carbocycles. The van der Waals surface area contributed by atoms with Crippen LogP contribution in [0.3, 0.4) is 0 Å². The van der Waals surface area contributed by atoms with E-state index in [4.69, 9.17) is 17.3 Å². The summed E-state index contributed by atoms with van der Waals surface area (Å²) in [5.41, 5.74) is 7.39. The van der Waals surface area contributed by atoms with Crippen molar-refractivity contribution >= 4 is 17.4 Å². The number of rotatable bonds is 6. The lowest BCUT2D eigenvalue weighted by Crippen LogP contribution is -2.18. The molecule has 1 aromatic rings. The minimum absolute atomic E-state index is 0.124. The van der Waals surface area contributed by atoms with Crippen molar-refractivity contribution in [3.63, 3.8) is 0 Å². The number of nitrogens with two attached hydrogens (primary N) is 1. The smallest absolute Gasteiger partial charge is 0.162 e. The van der Waals surface area contributed by atoms with Gasteiger partial charge in [0.05, 0.1) is 0 Å². The minimum Gasteiger partial charge on any atom is -0.330 e. The van der Waals surface area contributed by atoms with Gasteiger partial charge in [0.2, 0.25) is 0 Å². The molecule has 0 atom stereocenters. The average Bonchev–Trinajstić information content (AvgIpc) is 2.30. The first-order valence-electron chi connectivity index (χ1n) is 6.35. The first-order valence-corrected chi connectivity index (χ1v) is 6.73. The second-order valence-electron chi connectivity index (χ2n) is 5.59. The number of benzene rings is 1. The standard InChI is InChI=1S/C15H22ClNO/c1-11-4-5-12(10-13(11)16)14(18)6-7-15(2,3)8-9-17/h4-5,10H,6-9,17H2,1-3H3. The Bertz CT molecular complexity index is 427. The summed E-state index contributed by atoms with van der Waals surface area (Å²) in [5.74, 6) is 0.155. The van der Waals surface area contributed by atoms with Crippen molar-refractivity contribution in [2.24, 2.45) is 11.1 Å². The van der Waals surface area contributed by atoms with E-state index in [0.717, 1.165) is 18.4 Å². The van der Waals surface area contributed by atoms with Crippen LogP contribution in [0.4, 0.5) is 0 Å². The van der Waals surface area contributed by atoms with Crippen LogP contribution in [-0.4, -0.2) is 12.3 Å². The fourth-order valence-corrected chi connectivity index (χ4v) is 2.06. The third-order valence-corrected chi connectivity index (χ3v) is 3.75. The largest absolute Gasteiger partial charge is 0.330 e. The zero-order valence-corrected chi connectivity index (χ0v) is 12.2. The predicted molar refractivity (Wildman–Crippen MR) is 77.2 cm³/mol. The van der Waals surface area contributed by atoms with E-state index >= 15 is 0 Å². The van der Waals surface area contributed by atoms with Gasteiger partial charge in [0.1, 0.15) is 0 Å². The number of hydrogen-bond donors (Lipinski definition) is 1. The second kappa shape index (κ2) is 6.35. The molecule has 0 spiro atoms. The first kappa shape index (κ1) is 15.2. The van der Waals surface area contributed by atoms with Gasteiger partial charge in [0.25, 0.3) is 0 Å². The number of aryl methyl sites for hydroxylation is 1. The molecule has 0 aliphatic heterocycles. The lowest BCUT2D eigenvalue weighted by molar-refractivity contribution is 0.0961. The Kier molecular flexibility index (Phi) is 5.36. The van der Waals surface area contributed by atoms with Gasteiger partial charge in [0.15, 0.2) is 5.78 Å². The van der Waals surface area contributed by atoms with Crippen LogP contribution in [0, 0.1) is 12.3 Å². The van der Waals surface area contributed by atoms with E-state index in [1.807, 2.05) is 19.1 Å². The molecular formula is C15H22ClNO. The molecular weight excluding hydrogens is 246 g/mol. The number of carbonyl (C=O) groups is 1. The average molecular weight is 268 g/mol. The fourth-order valence-electron chi connectivity index (χ4n) is 1.88. The summed E-state index contributed by atoms with van der Waals surface area (Å²) in [7, 11) is 0. The molecule has 0 unspecified atom stereocenters. The van der Waals surface area contributed by atoms with Gasteiger partial charge in [-0.05, 0) is 43.4 Å². The number of ketones is 1. The highest BCUT2D eigenvalue weighted by atomic mass is 35.5. The fraction of sp³-hybridized carbons (Fsp3) is 0.533. The summed E-state index contributed by atoms with van der Waals surface area (Å²) in [6.07, 6.45) is 2.34. The van der Waals surface area contributed by atoms with Crippen LogP contribution in [-0.2, 0) is 0 Å². The van der Waals surface area contributed by atoms with Gasteiger partial charge in [-0.25, -0.2) is 0 Å². The molecule has 0 aromatic heterocycles. The SMILES string of the molecule is Cc1ccc(C(=O)CCC(C)(C)CCN)cc1Cl. The molecule has 0 saturated heterocycles. The molecule has 0 radical (unpaired) electrons. The highest BCUT2D eigenvalue weighted by Crippen LogP contribution is 2.27. The zero-order chi connectivity index (χ0) is 13.8. The van der Waals surface area contributed by atoms with Gasteiger partial charge in [0, 0.05) is 17.0 Å². The molecule has 0 fully saturated rings. The van der Waals surface area contributed by atoms with Crippen LogP contribution in [0.15, 0.2) is 18.2 Å². The van der Waals surface area contributed by atoms with Gasteiger partial charge in [-0.15, -0.1) is 0 Å². The van der Waals surface area contributed by atoms with Crippen LogP contribution in [0.2, 0.25) is 5.02 Å². The maximum Gasteiger partial charge on any atom is 0.162 e. The van der Waals surface area contributed by atoms with Crippen LogP contribution in [0.1, 0.15) is 49.0 Å². The van der Waals surface area contributed by atoms with Gasteiger partial charge in [-0.1, -0.05) is 37.6 Å². The highest BCUT2D eigenvalue weighted by molar-refractivity contribution is 6.31. The van der Waals surface area contributed by atoms with E-state index in [9.17, 15) is 4.79 Å². The summed E-state index contributed by atoms with van der Waals surface area (Å²) in [6.45, 7) is 6.89. The van der Waals surface area contributed by atoms with Crippen molar-refractivity contribution in [1.29, 1.82) is 0 Å². The minimum atomic E-state index is 0.124. The van der Waals surface area contributed by atoms with E-state index in [1.165, 1.54) is 0 Å². The maximum atomic E-state index is 12.1. The Morgan fingerprint density at radius 3 is 2.56 bits per heavy atom. The number of Topliss-reactive ketones (excluding diaryl/α,β-unsaturated/α-hetero) is 1. The molecule has 0 amide bonds. The van der Waals surface area contributed by atoms with Crippen LogP contribution >= 0.6 is 11.6 Å². The first-order chi connectivity index (χ1) is 8.35. The summed E-state index contributed by atoms with van der Waals surface area (Å²) in [5, 5.41) is 0.655. The van der Waals surface area contributed by atoms with E-state index in [-0.39, 0.29) is 11.2 Å². The summed E-state index contributed by atoms with van der Waals surface area (Å²) in [4.78, 5) is 12.1. The van der Waals surface area contributed by atoms with E-state index in [1.54, 1.807) is 6.07 Å². The highest BCUT2D eigenvalue weighted by Gasteiger charge is 2.19. The number of halogens is 1. The van der Waals surface area contributed by atoms with Crippen molar-refractivity contribution in [2.75, 3.05) is 6.54 Å². The van der Waals surface area contributed by atoms with Crippen molar-refractivity contribution in [3.05, 3.63) is 34.3 Å². The second-order valence-corrected chi connectivity index (χ2v) is 6.00. The summed E-state index contributed by atoms with van der Waals surface area (Å²) in [6, 6.07) is 5.50. The van der Waals surface area contributed by atoms with Gasteiger partial charge < -0.3 is 5.73 Å². The van der Waals surface area contributed by atoms with Gasteiger partial charge >= 0.3 is 0 Å². The molecule has 1 aromatic carbocycles. The van der Waals surface area contributed by atoms with Crippen molar-refractivity contribution in [1.82, 2.24) is 0 Å². The molecule has 0 bridgehead atoms. The lowest BCUT2D eigenvalue weighted by atomic mass is 9.83. The van der Waals surface area contributed by atoms with Crippen molar-refractivity contribution < 1.29 is 4.79 Å². The van der Waals surface area contributed by atoms with Crippen molar-refractivity contribution in [2.45, 2.75) is 40.0 Å². The Labute approximate surface area is 115 Å². The molecule has 18 heavy (non-hydrogen) atoms. The van der Waals surface area contributed by atoms with Crippen LogP contribution < -0.4 is 5.73 Å². The normalized spacial score (nSPS) is 11.6. The third-order valence-electron chi connectivity index (χ3n) is 3.34. The summed E-state index contributed by atoms with van der Waals surface area (Å²) < 4.78 is 0. The molecule has 0 aliphatic rings. The Balaban J connectivity index is 2.63. The molecule has 2 nitrogen and oxygen atoms in total. The quantitative estimate of drug-likeness (QED) is 0.792. The Hall–Kier alpha value is -0.860. The topological polar surface area (TPSA) is 43.1 Å². The molecule has 2 N–H and O–H groups in total. The Morgan fingerprint density at radius 1 is 1.33 bits per heavy atom. The van der Waals surface area contributed by atoms with Crippen LogP contribution in [0.25, 0.3) is 0 Å². The molecule has 0 aliphatic carbocycles. The molecule has 1 rings (SSSR count). The van der Waals surface area contributed by atoms with E-state index in [0.29, 0.717) is 23.6 Å². The molecule has 100 valence electrons. The summed E-state index contributed by atoms with van der Waals surface area (Å²) >= 11 is 6.03. The monoisotopic (exact) mass is 267 g/mol. The lowest BCUT2D eigenvalue weighted by Gasteiger charge is -2.23. The maximum absolute atomic E-state index is 12.1. The number of hydrogen-bond acceptors (Lipinski definition) is 2. The van der Waals surface area contributed by atoms with Crippen LogP contribution in [0.5, 0.6) is 0 Å². The molecule has 0 heterocycles. The molecule has 3 heteroatoms. The van der Waals surface area contributed by atoms with Gasteiger partial charge in [-0.3, -0.25) is 4.79 Å².